The van der Waals surface area contributed by atoms with Crippen LogP contribution in [0.4, 0.5) is 4.39 Å². The third-order valence-electron chi connectivity index (χ3n) is 5.22. The highest BCUT2D eigenvalue weighted by Gasteiger charge is 2.24. The van der Waals surface area contributed by atoms with E-state index in [2.05, 4.69) is 0 Å². The van der Waals surface area contributed by atoms with Gasteiger partial charge < -0.3 is 4.90 Å². The number of amides is 1. The second kappa shape index (κ2) is 7.97. The predicted molar refractivity (Wildman–Crippen MR) is 108 cm³/mol. The van der Waals surface area contributed by atoms with Gasteiger partial charge in [0, 0.05) is 24.8 Å². The molecule has 0 radical (unpaired) electrons. The second-order valence-electron chi connectivity index (χ2n) is 7.39. The van der Waals surface area contributed by atoms with Crippen molar-refractivity contribution >= 4 is 5.91 Å². The van der Waals surface area contributed by atoms with Crippen molar-refractivity contribution in [2.45, 2.75) is 32.6 Å². The molecular formula is C23H24FN3O. The van der Waals surface area contributed by atoms with E-state index in [0.717, 1.165) is 42.7 Å². The van der Waals surface area contributed by atoms with E-state index in [0.29, 0.717) is 11.3 Å². The van der Waals surface area contributed by atoms with E-state index >= 15 is 0 Å². The summed E-state index contributed by atoms with van der Waals surface area (Å²) in [5.74, 6) is -0.276. The van der Waals surface area contributed by atoms with Crippen LogP contribution in [0.1, 0.15) is 41.6 Å². The van der Waals surface area contributed by atoms with Gasteiger partial charge in [0.25, 0.3) is 5.91 Å². The molecule has 1 aliphatic rings. The minimum atomic E-state index is -0.296. The molecule has 3 aromatic rings. The maximum atomic E-state index is 13.3. The third-order valence-corrected chi connectivity index (χ3v) is 5.22. The summed E-state index contributed by atoms with van der Waals surface area (Å²) in [6, 6.07) is 14.2. The van der Waals surface area contributed by atoms with Crippen LogP contribution in [0.3, 0.4) is 0 Å². The van der Waals surface area contributed by atoms with Crippen LogP contribution in [0, 0.1) is 12.7 Å². The summed E-state index contributed by atoms with van der Waals surface area (Å²) < 4.78 is 15.0. The minimum absolute atomic E-state index is 0.0202. The van der Waals surface area contributed by atoms with Gasteiger partial charge in [0.05, 0.1) is 11.3 Å². The van der Waals surface area contributed by atoms with Crippen LogP contribution in [0.2, 0.25) is 0 Å². The summed E-state index contributed by atoms with van der Waals surface area (Å²) in [6.07, 6.45) is 6.19. The lowest BCUT2D eigenvalue weighted by Crippen LogP contribution is -2.31. The number of likely N-dealkylation sites (tertiary alicyclic amines) is 1. The molecule has 1 fully saturated rings. The first-order valence-electron chi connectivity index (χ1n) is 9.84. The van der Waals surface area contributed by atoms with E-state index in [1.807, 2.05) is 36.1 Å². The van der Waals surface area contributed by atoms with Crippen LogP contribution >= 0.6 is 0 Å². The van der Waals surface area contributed by atoms with Gasteiger partial charge in [-0.05, 0) is 50.1 Å². The standard InChI is InChI=1S/C23H24FN3O/c1-17-7-6-8-18(15-17)22-21(23(28)26-13-4-2-3-5-14-26)16-27(25-22)20-11-9-19(24)10-12-20/h6-12,15-16H,2-5,13-14H2,1H3. The third kappa shape index (κ3) is 3.84. The number of hydrogen-bond acceptors (Lipinski definition) is 2. The number of hydrogen-bond donors (Lipinski definition) is 0. The van der Waals surface area contributed by atoms with E-state index < -0.39 is 0 Å². The quantitative estimate of drug-likeness (QED) is 0.644. The fraction of sp³-hybridized carbons (Fsp3) is 0.304. The lowest BCUT2D eigenvalue weighted by molar-refractivity contribution is 0.0762. The smallest absolute Gasteiger partial charge is 0.257 e. The molecule has 5 heteroatoms. The maximum absolute atomic E-state index is 13.3. The lowest BCUT2D eigenvalue weighted by atomic mass is 10.0. The van der Waals surface area contributed by atoms with E-state index in [1.165, 1.54) is 25.0 Å². The predicted octanol–water partition coefficient (Wildman–Crippen LogP) is 5.00. The zero-order valence-electron chi connectivity index (χ0n) is 16.1. The first-order chi connectivity index (χ1) is 13.6. The molecular weight excluding hydrogens is 353 g/mol. The molecule has 0 aliphatic carbocycles. The van der Waals surface area contributed by atoms with Crippen LogP contribution in [-0.2, 0) is 0 Å². The number of aromatic nitrogens is 2. The monoisotopic (exact) mass is 377 g/mol. The Morgan fingerprint density at radius 1 is 1.00 bits per heavy atom. The molecule has 1 saturated heterocycles. The van der Waals surface area contributed by atoms with Crippen molar-refractivity contribution in [1.82, 2.24) is 14.7 Å². The summed E-state index contributed by atoms with van der Waals surface area (Å²) in [4.78, 5) is 15.3. The number of halogens is 1. The van der Waals surface area contributed by atoms with E-state index in [1.54, 1.807) is 23.0 Å². The molecule has 0 N–H and O–H groups in total. The number of rotatable bonds is 3. The molecule has 4 nitrogen and oxygen atoms in total. The normalized spacial score (nSPS) is 14.7. The summed E-state index contributed by atoms with van der Waals surface area (Å²) in [6.45, 7) is 3.60. The zero-order valence-corrected chi connectivity index (χ0v) is 16.1. The topological polar surface area (TPSA) is 38.1 Å². The van der Waals surface area contributed by atoms with Crippen molar-refractivity contribution in [3.05, 3.63) is 71.7 Å². The molecule has 144 valence electrons. The van der Waals surface area contributed by atoms with Crippen molar-refractivity contribution in [3.63, 3.8) is 0 Å². The van der Waals surface area contributed by atoms with E-state index in [-0.39, 0.29) is 11.7 Å². The Kier molecular flexibility index (Phi) is 5.24. The Bertz CT molecular complexity index is 970. The highest BCUT2D eigenvalue weighted by atomic mass is 19.1. The van der Waals surface area contributed by atoms with Gasteiger partial charge in [-0.15, -0.1) is 0 Å². The highest BCUT2D eigenvalue weighted by molar-refractivity contribution is 6.00. The first kappa shape index (κ1) is 18.4. The Morgan fingerprint density at radius 2 is 1.71 bits per heavy atom. The van der Waals surface area contributed by atoms with Crippen molar-refractivity contribution in [1.29, 1.82) is 0 Å². The average Bonchev–Trinajstić information content (AvgIpc) is 2.96. The molecule has 0 atom stereocenters. The SMILES string of the molecule is Cc1cccc(-c2nn(-c3ccc(F)cc3)cc2C(=O)N2CCCCCC2)c1. The zero-order chi connectivity index (χ0) is 19.5. The Morgan fingerprint density at radius 3 is 2.39 bits per heavy atom. The van der Waals surface area contributed by atoms with E-state index in [9.17, 15) is 9.18 Å². The summed E-state index contributed by atoms with van der Waals surface area (Å²) >= 11 is 0. The van der Waals surface area contributed by atoms with Crippen LogP contribution in [-0.4, -0.2) is 33.7 Å². The Hall–Kier alpha value is -2.95. The van der Waals surface area contributed by atoms with Crippen molar-refractivity contribution in [2.24, 2.45) is 0 Å². The molecule has 2 heterocycles. The van der Waals surface area contributed by atoms with Crippen molar-refractivity contribution in [2.75, 3.05) is 13.1 Å². The molecule has 1 aliphatic heterocycles. The summed E-state index contributed by atoms with van der Waals surface area (Å²) in [5, 5.41) is 4.71. The lowest BCUT2D eigenvalue weighted by Gasteiger charge is -2.20. The van der Waals surface area contributed by atoms with Crippen LogP contribution in [0.25, 0.3) is 16.9 Å². The highest BCUT2D eigenvalue weighted by Crippen LogP contribution is 2.26. The van der Waals surface area contributed by atoms with Gasteiger partial charge in [-0.25, -0.2) is 9.07 Å². The average molecular weight is 377 g/mol. The molecule has 2 aromatic carbocycles. The van der Waals surface area contributed by atoms with Crippen LogP contribution in [0.5, 0.6) is 0 Å². The maximum Gasteiger partial charge on any atom is 0.257 e. The molecule has 28 heavy (non-hydrogen) atoms. The molecule has 0 bridgehead atoms. The molecule has 0 unspecified atom stereocenters. The van der Waals surface area contributed by atoms with Crippen LogP contribution in [0.15, 0.2) is 54.7 Å². The number of carbonyl (C=O) groups is 1. The molecule has 4 rings (SSSR count). The number of carbonyl (C=O) groups excluding carboxylic acids is 1. The number of aryl methyl sites for hydroxylation is 1. The van der Waals surface area contributed by atoms with Gasteiger partial charge in [-0.1, -0.05) is 36.6 Å². The van der Waals surface area contributed by atoms with Gasteiger partial charge in [0.1, 0.15) is 11.5 Å². The summed E-state index contributed by atoms with van der Waals surface area (Å²) in [5.41, 5.74) is 4.02. The number of nitrogens with zero attached hydrogens (tertiary/aromatic N) is 3. The fourth-order valence-corrected chi connectivity index (χ4v) is 3.71. The van der Waals surface area contributed by atoms with Gasteiger partial charge in [-0.2, -0.15) is 5.10 Å². The van der Waals surface area contributed by atoms with Gasteiger partial charge in [-0.3, -0.25) is 4.79 Å². The fourth-order valence-electron chi connectivity index (χ4n) is 3.71. The molecule has 0 saturated carbocycles. The minimum Gasteiger partial charge on any atom is -0.339 e. The van der Waals surface area contributed by atoms with Crippen molar-refractivity contribution in [3.8, 4) is 16.9 Å². The Labute approximate surface area is 164 Å². The van der Waals surface area contributed by atoms with Crippen LogP contribution < -0.4 is 0 Å². The van der Waals surface area contributed by atoms with Gasteiger partial charge >= 0.3 is 0 Å². The number of benzene rings is 2. The van der Waals surface area contributed by atoms with Gasteiger partial charge in [0.2, 0.25) is 0 Å². The largest absolute Gasteiger partial charge is 0.339 e. The summed E-state index contributed by atoms with van der Waals surface area (Å²) in [7, 11) is 0. The van der Waals surface area contributed by atoms with E-state index in [4.69, 9.17) is 5.10 Å². The van der Waals surface area contributed by atoms with Gasteiger partial charge in [0.15, 0.2) is 0 Å². The molecule has 1 aromatic heterocycles. The molecule has 1 amide bonds. The molecule has 0 spiro atoms. The second-order valence-corrected chi connectivity index (χ2v) is 7.39. The Balaban J connectivity index is 1.78. The first-order valence-corrected chi connectivity index (χ1v) is 9.84. The van der Waals surface area contributed by atoms with Crippen molar-refractivity contribution < 1.29 is 9.18 Å².